The van der Waals surface area contributed by atoms with Crippen LogP contribution in [0.15, 0.2) is 42.5 Å². The van der Waals surface area contributed by atoms with E-state index in [9.17, 15) is 14.0 Å². The number of aryl methyl sites for hydroxylation is 1. The number of hydrogen-bond acceptors (Lipinski definition) is 1. The lowest BCUT2D eigenvalue weighted by Gasteiger charge is -2.22. The Kier molecular flexibility index (Phi) is 3.02. The fourth-order valence-corrected chi connectivity index (χ4v) is 3.03. The Balaban J connectivity index is 2.05. The summed E-state index contributed by atoms with van der Waals surface area (Å²) in [6.45, 7) is 0. The van der Waals surface area contributed by atoms with E-state index in [1.807, 2.05) is 24.3 Å². The van der Waals surface area contributed by atoms with E-state index in [1.54, 1.807) is 0 Å². The highest BCUT2D eigenvalue weighted by molar-refractivity contribution is 5.45. The largest absolute Gasteiger partial charge is 0.207 e. The molecule has 100 valence electrons. The zero-order valence-corrected chi connectivity index (χ0v) is 10.9. The van der Waals surface area contributed by atoms with Gasteiger partial charge in [0.2, 0.25) is 0 Å². The Labute approximate surface area is 116 Å². The van der Waals surface area contributed by atoms with Crippen molar-refractivity contribution in [1.82, 2.24) is 0 Å². The molecule has 0 saturated carbocycles. The third kappa shape index (κ3) is 1.98. The molecular weight excluding hydrogens is 256 g/mol. The molecule has 0 spiro atoms. The lowest BCUT2D eigenvalue weighted by molar-refractivity contribution is 0.511. The third-order valence-electron chi connectivity index (χ3n) is 4.07. The number of halogens is 2. The lowest BCUT2D eigenvalue weighted by atomic mass is 9.78. The molecule has 0 aromatic heterocycles. The maximum absolute atomic E-state index is 13.8. The van der Waals surface area contributed by atoms with Crippen molar-refractivity contribution in [3.8, 4) is 6.07 Å². The van der Waals surface area contributed by atoms with Gasteiger partial charge in [-0.1, -0.05) is 24.3 Å². The molecule has 0 aliphatic heterocycles. The SMILES string of the molecule is N#CC1(Cc2cc(F)ccc2F)CCc2ccccc21. The van der Waals surface area contributed by atoms with Gasteiger partial charge in [0.25, 0.3) is 0 Å². The molecule has 1 atom stereocenters. The summed E-state index contributed by atoms with van der Waals surface area (Å²) >= 11 is 0. The highest BCUT2D eigenvalue weighted by Gasteiger charge is 2.39. The van der Waals surface area contributed by atoms with E-state index >= 15 is 0 Å². The van der Waals surface area contributed by atoms with Crippen molar-refractivity contribution in [3.05, 3.63) is 70.8 Å². The van der Waals surface area contributed by atoms with Crippen LogP contribution in [0.2, 0.25) is 0 Å². The summed E-state index contributed by atoms with van der Waals surface area (Å²) in [4.78, 5) is 0. The van der Waals surface area contributed by atoms with Gasteiger partial charge in [-0.25, -0.2) is 8.78 Å². The minimum Gasteiger partial charge on any atom is -0.207 e. The molecule has 1 nitrogen and oxygen atoms in total. The van der Waals surface area contributed by atoms with Gasteiger partial charge in [0.05, 0.1) is 11.5 Å². The molecule has 1 aliphatic rings. The quantitative estimate of drug-likeness (QED) is 0.810. The van der Waals surface area contributed by atoms with Gasteiger partial charge in [-0.15, -0.1) is 0 Å². The zero-order valence-electron chi connectivity index (χ0n) is 10.9. The van der Waals surface area contributed by atoms with Gasteiger partial charge in [0.1, 0.15) is 11.6 Å². The topological polar surface area (TPSA) is 23.8 Å². The van der Waals surface area contributed by atoms with Crippen molar-refractivity contribution in [3.63, 3.8) is 0 Å². The molecule has 0 fully saturated rings. The first-order valence-corrected chi connectivity index (χ1v) is 6.58. The first kappa shape index (κ1) is 12.8. The molecule has 20 heavy (non-hydrogen) atoms. The van der Waals surface area contributed by atoms with Crippen molar-refractivity contribution in [1.29, 1.82) is 5.26 Å². The smallest absolute Gasteiger partial charge is 0.126 e. The van der Waals surface area contributed by atoms with Gasteiger partial charge in [-0.3, -0.25) is 0 Å². The van der Waals surface area contributed by atoms with Crippen molar-refractivity contribution in [2.45, 2.75) is 24.7 Å². The Morgan fingerprint density at radius 1 is 1.15 bits per heavy atom. The van der Waals surface area contributed by atoms with E-state index in [0.29, 0.717) is 6.42 Å². The van der Waals surface area contributed by atoms with Crippen LogP contribution < -0.4 is 0 Å². The summed E-state index contributed by atoms with van der Waals surface area (Å²) in [5.41, 5.74) is 1.60. The number of nitriles is 1. The predicted octanol–water partition coefficient (Wildman–Crippen LogP) is 3.92. The number of rotatable bonds is 2. The van der Waals surface area contributed by atoms with Crippen LogP contribution in [0.3, 0.4) is 0 Å². The molecule has 0 heterocycles. The number of fused-ring (bicyclic) bond motifs is 1. The maximum atomic E-state index is 13.8. The van der Waals surface area contributed by atoms with Crippen LogP contribution in [0.5, 0.6) is 0 Å². The van der Waals surface area contributed by atoms with E-state index in [0.717, 1.165) is 29.7 Å². The van der Waals surface area contributed by atoms with Gasteiger partial charge in [0.15, 0.2) is 0 Å². The van der Waals surface area contributed by atoms with Crippen molar-refractivity contribution < 1.29 is 8.78 Å². The van der Waals surface area contributed by atoms with Crippen LogP contribution in [-0.4, -0.2) is 0 Å². The Bertz CT molecular complexity index is 702. The molecule has 2 aromatic carbocycles. The number of benzene rings is 2. The average molecular weight is 269 g/mol. The van der Waals surface area contributed by atoms with E-state index in [1.165, 1.54) is 6.07 Å². The maximum Gasteiger partial charge on any atom is 0.126 e. The summed E-state index contributed by atoms with van der Waals surface area (Å²) in [6, 6.07) is 13.5. The molecule has 0 amide bonds. The van der Waals surface area contributed by atoms with Gasteiger partial charge in [-0.2, -0.15) is 5.26 Å². The minimum atomic E-state index is -0.745. The average Bonchev–Trinajstić information content (AvgIpc) is 2.83. The molecular formula is C17H13F2N. The predicted molar refractivity (Wildman–Crippen MR) is 72.1 cm³/mol. The van der Waals surface area contributed by atoms with E-state index in [-0.39, 0.29) is 12.0 Å². The molecule has 3 rings (SSSR count). The van der Waals surface area contributed by atoms with Crippen molar-refractivity contribution in [2.24, 2.45) is 0 Å². The second kappa shape index (κ2) is 4.72. The fourth-order valence-electron chi connectivity index (χ4n) is 3.03. The molecule has 0 radical (unpaired) electrons. The van der Waals surface area contributed by atoms with Crippen LogP contribution in [0.25, 0.3) is 0 Å². The van der Waals surface area contributed by atoms with Crippen LogP contribution in [-0.2, 0) is 18.3 Å². The number of nitrogens with zero attached hydrogens (tertiary/aromatic N) is 1. The first-order valence-electron chi connectivity index (χ1n) is 6.58. The molecule has 0 N–H and O–H groups in total. The Hall–Kier alpha value is -2.21. The van der Waals surface area contributed by atoms with Gasteiger partial charge in [-0.05, 0) is 54.2 Å². The first-order chi connectivity index (χ1) is 9.64. The summed E-state index contributed by atoms with van der Waals surface area (Å²) in [5.74, 6) is -0.925. The summed E-state index contributed by atoms with van der Waals surface area (Å²) in [7, 11) is 0. The van der Waals surface area contributed by atoms with Crippen molar-refractivity contribution >= 4 is 0 Å². The summed E-state index contributed by atoms with van der Waals surface area (Å²) in [6.07, 6.45) is 1.67. The second-order valence-corrected chi connectivity index (χ2v) is 5.26. The van der Waals surface area contributed by atoms with Crippen LogP contribution in [0, 0.1) is 23.0 Å². The van der Waals surface area contributed by atoms with Gasteiger partial charge < -0.3 is 0 Å². The normalized spacial score (nSPS) is 20.4. The molecule has 2 aromatic rings. The third-order valence-corrected chi connectivity index (χ3v) is 4.07. The zero-order chi connectivity index (χ0) is 14.2. The summed E-state index contributed by atoms with van der Waals surface area (Å²) in [5, 5.41) is 9.62. The Morgan fingerprint density at radius 3 is 2.75 bits per heavy atom. The molecule has 1 unspecified atom stereocenters. The second-order valence-electron chi connectivity index (χ2n) is 5.26. The lowest BCUT2D eigenvalue weighted by Crippen LogP contribution is -2.24. The monoisotopic (exact) mass is 269 g/mol. The fraction of sp³-hybridized carbons (Fsp3) is 0.235. The minimum absolute atomic E-state index is 0.212. The molecule has 1 aliphatic carbocycles. The standard InChI is InChI=1S/C17H13F2N/c18-14-5-6-16(19)13(9-14)10-17(11-20)8-7-12-3-1-2-4-15(12)17/h1-6,9H,7-8,10H2. The highest BCUT2D eigenvalue weighted by atomic mass is 19.1. The van der Waals surface area contributed by atoms with Gasteiger partial charge >= 0.3 is 0 Å². The number of hydrogen-bond donors (Lipinski definition) is 0. The van der Waals surface area contributed by atoms with Crippen LogP contribution in [0.1, 0.15) is 23.1 Å². The van der Waals surface area contributed by atoms with E-state index in [2.05, 4.69) is 6.07 Å². The molecule has 3 heteroatoms. The van der Waals surface area contributed by atoms with E-state index < -0.39 is 17.0 Å². The highest BCUT2D eigenvalue weighted by Crippen LogP contribution is 2.41. The Morgan fingerprint density at radius 2 is 1.95 bits per heavy atom. The molecule has 0 saturated heterocycles. The van der Waals surface area contributed by atoms with Crippen LogP contribution in [0.4, 0.5) is 8.78 Å². The van der Waals surface area contributed by atoms with Crippen LogP contribution >= 0.6 is 0 Å². The van der Waals surface area contributed by atoms with Crippen molar-refractivity contribution in [2.75, 3.05) is 0 Å². The summed E-state index contributed by atoms with van der Waals surface area (Å²) < 4.78 is 27.1. The van der Waals surface area contributed by atoms with E-state index in [4.69, 9.17) is 0 Å². The molecule has 0 bridgehead atoms. The van der Waals surface area contributed by atoms with Gasteiger partial charge in [0, 0.05) is 0 Å².